The lowest BCUT2D eigenvalue weighted by molar-refractivity contribution is -0.384. The number of nitrogens with zero attached hydrogens (tertiary/aromatic N) is 2. The van der Waals surface area contributed by atoms with E-state index in [2.05, 4.69) is 10.3 Å². The molecule has 0 aliphatic rings. The maximum atomic E-state index is 10.8. The monoisotopic (exact) mass is 259 g/mol. The van der Waals surface area contributed by atoms with Gasteiger partial charge in [0.25, 0.3) is 0 Å². The molecule has 6 heteroatoms. The van der Waals surface area contributed by atoms with Crippen LogP contribution in [0.1, 0.15) is 5.56 Å². The molecule has 2 aromatic rings. The fraction of sp³-hybridized carbons (Fsp3) is 0.154. The lowest BCUT2D eigenvalue weighted by Gasteiger charge is -2.08. The maximum Gasteiger partial charge on any atom is 0.310 e. The standard InChI is InChI=1S/C13H13N3O3/c1-19-11-4-2-3-10(7-11)8-15-12-5-6-14-9-13(12)16(17)18/h2-7,9H,8H2,1H3,(H,14,15). The van der Waals surface area contributed by atoms with E-state index in [-0.39, 0.29) is 5.69 Å². The van der Waals surface area contributed by atoms with Crippen LogP contribution in [0.5, 0.6) is 5.75 Å². The highest BCUT2D eigenvalue weighted by Gasteiger charge is 2.12. The van der Waals surface area contributed by atoms with Crippen molar-refractivity contribution in [3.63, 3.8) is 0 Å². The van der Waals surface area contributed by atoms with Crippen molar-refractivity contribution in [1.29, 1.82) is 0 Å². The predicted molar refractivity (Wildman–Crippen MR) is 71.2 cm³/mol. The third-order valence-corrected chi connectivity index (χ3v) is 2.61. The molecule has 0 atom stereocenters. The predicted octanol–water partition coefficient (Wildman–Crippen LogP) is 2.61. The molecule has 1 aromatic heterocycles. The lowest BCUT2D eigenvalue weighted by Crippen LogP contribution is -2.03. The van der Waals surface area contributed by atoms with Crippen LogP contribution in [0.15, 0.2) is 42.7 Å². The molecule has 0 aliphatic heterocycles. The smallest absolute Gasteiger partial charge is 0.310 e. The van der Waals surface area contributed by atoms with E-state index in [9.17, 15) is 10.1 Å². The highest BCUT2D eigenvalue weighted by Crippen LogP contribution is 2.23. The molecule has 0 aliphatic carbocycles. The number of hydrogen-bond donors (Lipinski definition) is 1. The molecule has 0 spiro atoms. The molecule has 98 valence electrons. The molecule has 0 saturated heterocycles. The molecule has 0 fully saturated rings. The minimum Gasteiger partial charge on any atom is -0.497 e. The summed E-state index contributed by atoms with van der Waals surface area (Å²) >= 11 is 0. The van der Waals surface area contributed by atoms with Crippen LogP contribution in [0.2, 0.25) is 0 Å². The second-order valence-electron chi connectivity index (χ2n) is 3.86. The van der Waals surface area contributed by atoms with Crippen molar-refractivity contribution in [1.82, 2.24) is 4.98 Å². The summed E-state index contributed by atoms with van der Waals surface area (Å²) in [7, 11) is 1.60. The lowest BCUT2D eigenvalue weighted by atomic mass is 10.2. The molecule has 1 heterocycles. The summed E-state index contributed by atoms with van der Waals surface area (Å²) in [5.74, 6) is 0.753. The van der Waals surface area contributed by atoms with E-state index < -0.39 is 4.92 Å². The van der Waals surface area contributed by atoms with E-state index in [4.69, 9.17) is 4.74 Å². The van der Waals surface area contributed by atoms with Crippen LogP contribution < -0.4 is 10.1 Å². The largest absolute Gasteiger partial charge is 0.497 e. The van der Waals surface area contributed by atoms with E-state index in [1.165, 1.54) is 12.4 Å². The minimum absolute atomic E-state index is 0.0367. The third kappa shape index (κ3) is 3.19. The molecule has 1 aromatic carbocycles. The number of methoxy groups -OCH3 is 1. The zero-order chi connectivity index (χ0) is 13.7. The van der Waals surface area contributed by atoms with Crippen LogP contribution in [0.25, 0.3) is 0 Å². The van der Waals surface area contributed by atoms with Gasteiger partial charge in [0.15, 0.2) is 0 Å². The average Bonchev–Trinajstić information content (AvgIpc) is 2.45. The fourth-order valence-corrected chi connectivity index (χ4v) is 1.66. The molecule has 0 amide bonds. The minimum atomic E-state index is -0.457. The van der Waals surface area contributed by atoms with Gasteiger partial charge in [0.1, 0.15) is 17.6 Å². The number of nitrogens with one attached hydrogen (secondary N) is 1. The van der Waals surface area contributed by atoms with Gasteiger partial charge >= 0.3 is 5.69 Å². The van der Waals surface area contributed by atoms with Crippen molar-refractivity contribution in [2.24, 2.45) is 0 Å². The number of hydrogen-bond acceptors (Lipinski definition) is 5. The van der Waals surface area contributed by atoms with Crippen LogP contribution in [0.3, 0.4) is 0 Å². The van der Waals surface area contributed by atoms with Crippen molar-refractivity contribution < 1.29 is 9.66 Å². The normalized spacial score (nSPS) is 9.95. The summed E-state index contributed by atoms with van der Waals surface area (Å²) in [4.78, 5) is 14.1. The molecule has 19 heavy (non-hydrogen) atoms. The van der Waals surface area contributed by atoms with Gasteiger partial charge in [-0.25, -0.2) is 0 Å². The van der Waals surface area contributed by atoms with Gasteiger partial charge in [0.2, 0.25) is 0 Å². The second-order valence-corrected chi connectivity index (χ2v) is 3.86. The van der Waals surface area contributed by atoms with E-state index in [0.717, 1.165) is 11.3 Å². The van der Waals surface area contributed by atoms with E-state index >= 15 is 0 Å². The number of rotatable bonds is 5. The van der Waals surface area contributed by atoms with Crippen LogP contribution in [-0.4, -0.2) is 17.0 Å². The summed E-state index contributed by atoms with van der Waals surface area (Å²) in [6, 6.07) is 9.09. The van der Waals surface area contributed by atoms with Crippen LogP contribution >= 0.6 is 0 Å². The number of ether oxygens (including phenoxy) is 1. The Morgan fingerprint density at radius 3 is 3.00 bits per heavy atom. The Bertz CT molecular complexity index is 587. The van der Waals surface area contributed by atoms with Crippen LogP contribution in [-0.2, 0) is 6.54 Å². The zero-order valence-electron chi connectivity index (χ0n) is 10.4. The highest BCUT2D eigenvalue weighted by atomic mass is 16.6. The number of anilines is 1. The summed E-state index contributed by atoms with van der Waals surface area (Å²) in [6.45, 7) is 0.474. The summed E-state index contributed by atoms with van der Waals surface area (Å²) in [5, 5.41) is 13.9. The Labute approximate surface area is 110 Å². The molecule has 1 N–H and O–H groups in total. The van der Waals surface area contributed by atoms with E-state index in [1.807, 2.05) is 24.3 Å². The zero-order valence-corrected chi connectivity index (χ0v) is 10.4. The van der Waals surface area contributed by atoms with Gasteiger partial charge in [-0.15, -0.1) is 0 Å². The highest BCUT2D eigenvalue weighted by molar-refractivity contribution is 5.59. The van der Waals surface area contributed by atoms with Crippen molar-refractivity contribution in [3.05, 3.63) is 58.4 Å². The Morgan fingerprint density at radius 1 is 1.42 bits per heavy atom. The van der Waals surface area contributed by atoms with Gasteiger partial charge in [-0.2, -0.15) is 0 Å². The Morgan fingerprint density at radius 2 is 2.26 bits per heavy atom. The second kappa shape index (κ2) is 5.81. The molecule has 0 unspecified atom stereocenters. The van der Waals surface area contributed by atoms with Gasteiger partial charge < -0.3 is 10.1 Å². The van der Waals surface area contributed by atoms with Gasteiger partial charge in [0, 0.05) is 12.7 Å². The van der Waals surface area contributed by atoms with E-state index in [1.54, 1.807) is 13.2 Å². The molecular formula is C13H13N3O3. The molecule has 6 nitrogen and oxygen atoms in total. The summed E-state index contributed by atoms with van der Waals surface area (Å²) in [5.41, 5.74) is 1.39. The summed E-state index contributed by atoms with van der Waals surface area (Å²) < 4.78 is 5.12. The van der Waals surface area contributed by atoms with Crippen LogP contribution in [0.4, 0.5) is 11.4 Å². The van der Waals surface area contributed by atoms with Gasteiger partial charge in [0.05, 0.1) is 12.0 Å². The van der Waals surface area contributed by atoms with Crippen molar-refractivity contribution in [2.45, 2.75) is 6.54 Å². The SMILES string of the molecule is COc1cccc(CNc2ccncc2[N+](=O)[O-])c1. The maximum absolute atomic E-state index is 10.8. The van der Waals surface area contributed by atoms with Crippen molar-refractivity contribution >= 4 is 11.4 Å². The van der Waals surface area contributed by atoms with E-state index in [0.29, 0.717) is 12.2 Å². The number of nitro groups is 1. The summed E-state index contributed by atoms with van der Waals surface area (Å²) in [6.07, 6.45) is 2.74. The number of aromatic nitrogens is 1. The number of benzene rings is 1. The molecule has 2 rings (SSSR count). The number of pyridine rings is 1. The first-order valence-corrected chi connectivity index (χ1v) is 5.66. The Kier molecular flexibility index (Phi) is 3.92. The third-order valence-electron chi connectivity index (χ3n) is 2.61. The first-order valence-electron chi connectivity index (χ1n) is 5.66. The average molecular weight is 259 g/mol. The first-order chi connectivity index (χ1) is 9.20. The van der Waals surface area contributed by atoms with Crippen LogP contribution in [0, 0.1) is 10.1 Å². The molecule has 0 bridgehead atoms. The Balaban J connectivity index is 2.12. The quantitative estimate of drug-likeness (QED) is 0.659. The molecule has 0 radical (unpaired) electrons. The topological polar surface area (TPSA) is 77.3 Å². The van der Waals surface area contributed by atoms with Gasteiger partial charge in [-0.05, 0) is 23.8 Å². The molecular weight excluding hydrogens is 246 g/mol. The van der Waals surface area contributed by atoms with Gasteiger partial charge in [-0.1, -0.05) is 12.1 Å². The fourth-order valence-electron chi connectivity index (χ4n) is 1.66. The Hall–Kier alpha value is -2.63. The first kappa shape index (κ1) is 12.8. The van der Waals surface area contributed by atoms with Crippen molar-refractivity contribution in [3.8, 4) is 5.75 Å². The van der Waals surface area contributed by atoms with Crippen molar-refractivity contribution in [2.75, 3.05) is 12.4 Å². The van der Waals surface area contributed by atoms with Gasteiger partial charge in [-0.3, -0.25) is 15.1 Å². The molecule has 0 saturated carbocycles.